The molecule has 1 aliphatic rings. The summed E-state index contributed by atoms with van der Waals surface area (Å²) in [5, 5.41) is 0. The SMILES string of the molecule is CCN(CC)S(=O)(=O)c1ccc(N2CCCC2)nc1. The topological polar surface area (TPSA) is 53.5 Å². The van der Waals surface area contributed by atoms with Crippen LogP contribution in [0.3, 0.4) is 0 Å². The minimum atomic E-state index is -3.39. The van der Waals surface area contributed by atoms with Crippen molar-refractivity contribution in [1.29, 1.82) is 0 Å². The maximum absolute atomic E-state index is 12.3. The zero-order valence-corrected chi connectivity index (χ0v) is 12.4. The van der Waals surface area contributed by atoms with E-state index < -0.39 is 10.0 Å². The van der Waals surface area contributed by atoms with Crippen LogP contribution in [0.25, 0.3) is 0 Å². The van der Waals surface area contributed by atoms with Crippen LogP contribution >= 0.6 is 0 Å². The third kappa shape index (κ3) is 2.90. The van der Waals surface area contributed by atoms with Crippen LogP contribution in [0, 0.1) is 0 Å². The van der Waals surface area contributed by atoms with Gasteiger partial charge in [0.1, 0.15) is 10.7 Å². The van der Waals surface area contributed by atoms with E-state index in [-0.39, 0.29) is 4.90 Å². The average Bonchev–Trinajstić information content (AvgIpc) is 2.94. The molecule has 0 amide bonds. The maximum atomic E-state index is 12.3. The fourth-order valence-corrected chi connectivity index (χ4v) is 3.77. The summed E-state index contributed by atoms with van der Waals surface area (Å²) < 4.78 is 26.0. The molecule has 0 unspecified atom stereocenters. The molecule has 0 bridgehead atoms. The van der Waals surface area contributed by atoms with Crippen molar-refractivity contribution in [3.63, 3.8) is 0 Å². The molecule has 0 radical (unpaired) electrons. The van der Waals surface area contributed by atoms with Crippen molar-refractivity contribution in [2.45, 2.75) is 31.6 Å². The molecule has 5 nitrogen and oxygen atoms in total. The highest BCUT2D eigenvalue weighted by molar-refractivity contribution is 7.89. The van der Waals surface area contributed by atoms with Crippen LogP contribution in [0.1, 0.15) is 26.7 Å². The normalized spacial score (nSPS) is 16.3. The van der Waals surface area contributed by atoms with Gasteiger partial charge in [0.05, 0.1) is 0 Å². The lowest BCUT2D eigenvalue weighted by molar-refractivity contribution is 0.445. The third-order valence-corrected chi connectivity index (χ3v) is 5.53. The van der Waals surface area contributed by atoms with Gasteiger partial charge in [-0.3, -0.25) is 0 Å². The Bertz CT molecular complexity index is 503. The molecule has 0 atom stereocenters. The Morgan fingerprint density at radius 1 is 1.21 bits per heavy atom. The fourth-order valence-electron chi connectivity index (χ4n) is 2.37. The highest BCUT2D eigenvalue weighted by atomic mass is 32.2. The van der Waals surface area contributed by atoms with Crippen molar-refractivity contribution < 1.29 is 8.42 Å². The number of hydrogen-bond acceptors (Lipinski definition) is 4. The van der Waals surface area contributed by atoms with Crippen LogP contribution in [0.4, 0.5) is 5.82 Å². The number of pyridine rings is 1. The minimum Gasteiger partial charge on any atom is -0.357 e. The van der Waals surface area contributed by atoms with E-state index in [1.54, 1.807) is 6.07 Å². The Kier molecular flexibility index (Phi) is 4.42. The van der Waals surface area contributed by atoms with Crippen molar-refractivity contribution >= 4 is 15.8 Å². The lowest BCUT2D eigenvalue weighted by Gasteiger charge is -2.19. The molecule has 1 fully saturated rings. The Balaban J connectivity index is 2.22. The molecular formula is C13H21N3O2S. The molecule has 0 spiro atoms. The summed E-state index contributed by atoms with van der Waals surface area (Å²) in [5.41, 5.74) is 0. The zero-order chi connectivity index (χ0) is 13.9. The summed E-state index contributed by atoms with van der Waals surface area (Å²) >= 11 is 0. The first-order valence-corrected chi connectivity index (χ1v) is 8.24. The standard InChI is InChI=1S/C13H21N3O2S/c1-3-16(4-2)19(17,18)12-7-8-13(14-11-12)15-9-5-6-10-15/h7-8,11H,3-6,9-10H2,1-2H3. The predicted octanol–water partition coefficient (Wildman–Crippen LogP) is 1.71. The van der Waals surface area contributed by atoms with Crippen molar-refractivity contribution in [3.05, 3.63) is 18.3 Å². The first-order valence-electron chi connectivity index (χ1n) is 6.80. The van der Waals surface area contributed by atoms with Gasteiger partial charge in [0, 0.05) is 32.4 Å². The third-order valence-electron chi connectivity index (χ3n) is 3.49. The number of aromatic nitrogens is 1. The summed E-state index contributed by atoms with van der Waals surface area (Å²) in [7, 11) is -3.39. The van der Waals surface area contributed by atoms with Crippen LogP contribution in [0.2, 0.25) is 0 Å². The van der Waals surface area contributed by atoms with Crippen molar-refractivity contribution in [1.82, 2.24) is 9.29 Å². The second-order valence-electron chi connectivity index (χ2n) is 4.64. The van der Waals surface area contributed by atoms with E-state index >= 15 is 0 Å². The molecule has 0 saturated carbocycles. The monoisotopic (exact) mass is 283 g/mol. The van der Waals surface area contributed by atoms with Crippen LogP contribution in [-0.4, -0.2) is 43.9 Å². The van der Waals surface area contributed by atoms with Gasteiger partial charge in [0.2, 0.25) is 10.0 Å². The first kappa shape index (κ1) is 14.3. The average molecular weight is 283 g/mol. The Morgan fingerprint density at radius 3 is 2.32 bits per heavy atom. The molecule has 2 heterocycles. The van der Waals surface area contributed by atoms with E-state index in [4.69, 9.17) is 0 Å². The van der Waals surface area contributed by atoms with Crippen molar-refractivity contribution in [2.24, 2.45) is 0 Å². The van der Waals surface area contributed by atoms with Gasteiger partial charge in [-0.2, -0.15) is 4.31 Å². The van der Waals surface area contributed by atoms with Gasteiger partial charge in [-0.15, -0.1) is 0 Å². The number of nitrogens with zero attached hydrogens (tertiary/aromatic N) is 3. The van der Waals surface area contributed by atoms with Crippen molar-refractivity contribution in [3.8, 4) is 0 Å². The van der Waals surface area contributed by atoms with Crippen LogP contribution < -0.4 is 4.90 Å². The number of sulfonamides is 1. The summed E-state index contributed by atoms with van der Waals surface area (Å²) in [6.45, 7) is 6.66. The molecular weight excluding hydrogens is 262 g/mol. The van der Waals surface area contributed by atoms with Crippen LogP contribution in [-0.2, 0) is 10.0 Å². The van der Waals surface area contributed by atoms with E-state index in [0.29, 0.717) is 13.1 Å². The van der Waals surface area contributed by atoms with Gasteiger partial charge < -0.3 is 4.90 Å². The smallest absolute Gasteiger partial charge is 0.244 e. The van der Waals surface area contributed by atoms with Gasteiger partial charge in [-0.05, 0) is 25.0 Å². The van der Waals surface area contributed by atoms with E-state index in [0.717, 1.165) is 18.9 Å². The Labute approximate surface area is 115 Å². The molecule has 19 heavy (non-hydrogen) atoms. The molecule has 1 aromatic heterocycles. The predicted molar refractivity (Wildman–Crippen MR) is 75.8 cm³/mol. The van der Waals surface area contributed by atoms with E-state index in [9.17, 15) is 8.42 Å². The molecule has 0 aromatic carbocycles. The lowest BCUT2D eigenvalue weighted by atomic mass is 10.4. The zero-order valence-electron chi connectivity index (χ0n) is 11.5. The molecule has 0 N–H and O–H groups in total. The second kappa shape index (κ2) is 5.88. The van der Waals surface area contributed by atoms with Crippen molar-refractivity contribution in [2.75, 3.05) is 31.1 Å². The summed E-state index contributed by atoms with van der Waals surface area (Å²) in [6.07, 6.45) is 3.84. The minimum absolute atomic E-state index is 0.277. The van der Waals surface area contributed by atoms with Crippen LogP contribution in [0.15, 0.2) is 23.2 Å². The number of anilines is 1. The Morgan fingerprint density at radius 2 is 1.84 bits per heavy atom. The molecule has 106 valence electrons. The lowest BCUT2D eigenvalue weighted by Crippen LogP contribution is -2.30. The van der Waals surface area contributed by atoms with Gasteiger partial charge in [-0.25, -0.2) is 13.4 Å². The molecule has 2 rings (SSSR count). The van der Waals surface area contributed by atoms with Gasteiger partial charge in [0.15, 0.2) is 0 Å². The molecule has 1 saturated heterocycles. The second-order valence-corrected chi connectivity index (χ2v) is 6.57. The quantitative estimate of drug-likeness (QED) is 0.825. The molecule has 1 aliphatic heterocycles. The Hall–Kier alpha value is -1.14. The summed E-state index contributed by atoms with van der Waals surface area (Å²) in [4.78, 5) is 6.76. The highest BCUT2D eigenvalue weighted by Crippen LogP contribution is 2.20. The van der Waals surface area contributed by atoms with Crippen LogP contribution in [0.5, 0.6) is 0 Å². The molecule has 1 aromatic rings. The van der Waals surface area contributed by atoms with Gasteiger partial charge in [0.25, 0.3) is 0 Å². The van der Waals surface area contributed by atoms with E-state index in [2.05, 4.69) is 9.88 Å². The van der Waals surface area contributed by atoms with E-state index in [1.807, 2.05) is 19.9 Å². The first-order chi connectivity index (χ1) is 9.09. The summed E-state index contributed by atoms with van der Waals surface area (Å²) in [6, 6.07) is 3.47. The van der Waals surface area contributed by atoms with E-state index in [1.165, 1.54) is 23.3 Å². The fraction of sp³-hybridized carbons (Fsp3) is 0.615. The number of rotatable bonds is 5. The largest absolute Gasteiger partial charge is 0.357 e. The maximum Gasteiger partial charge on any atom is 0.244 e. The number of hydrogen-bond donors (Lipinski definition) is 0. The van der Waals surface area contributed by atoms with Gasteiger partial charge in [-0.1, -0.05) is 13.8 Å². The molecule has 0 aliphatic carbocycles. The van der Waals surface area contributed by atoms with Gasteiger partial charge >= 0.3 is 0 Å². The highest BCUT2D eigenvalue weighted by Gasteiger charge is 2.22. The summed E-state index contributed by atoms with van der Waals surface area (Å²) in [5.74, 6) is 0.871. The molecule has 6 heteroatoms.